The van der Waals surface area contributed by atoms with Crippen LogP contribution in [-0.2, 0) is 4.79 Å². The highest BCUT2D eigenvalue weighted by Crippen LogP contribution is 2.25. The molecule has 92 valence electrons. The first kappa shape index (κ1) is 12.4. The lowest BCUT2D eigenvalue weighted by Gasteiger charge is -2.20. The van der Waals surface area contributed by atoms with Gasteiger partial charge >= 0.3 is 0 Å². The highest BCUT2D eigenvalue weighted by atomic mass is 32.2. The van der Waals surface area contributed by atoms with Gasteiger partial charge < -0.3 is 5.32 Å². The largest absolute Gasteiger partial charge is 0.324 e. The van der Waals surface area contributed by atoms with Gasteiger partial charge in [-0.2, -0.15) is 11.8 Å². The summed E-state index contributed by atoms with van der Waals surface area (Å²) < 4.78 is 13.3. The maximum Gasteiger partial charge on any atom is 0.224 e. The number of benzene rings is 1. The van der Waals surface area contributed by atoms with Gasteiger partial charge in [-0.05, 0) is 42.4 Å². The first-order valence-electron chi connectivity index (χ1n) is 5.88. The molecule has 0 aromatic heterocycles. The molecule has 0 atom stereocenters. The zero-order chi connectivity index (χ0) is 12.1. The van der Waals surface area contributed by atoms with Crippen molar-refractivity contribution in [2.45, 2.75) is 19.3 Å². The van der Waals surface area contributed by atoms with Crippen LogP contribution >= 0.6 is 11.8 Å². The lowest BCUT2D eigenvalue weighted by molar-refractivity contribution is -0.117. The number of halogens is 1. The number of hydrogen-bond donors (Lipinski definition) is 1. The zero-order valence-corrected chi connectivity index (χ0v) is 10.4. The first-order valence-corrected chi connectivity index (χ1v) is 7.03. The lowest BCUT2D eigenvalue weighted by Crippen LogP contribution is -2.20. The smallest absolute Gasteiger partial charge is 0.224 e. The Morgan fingerprint density at radius 2 is 2.06 bits per heavy atom. The molecule has 0 saturated carbocycles. The van der Waals surface area contributed by atoms with Gasteiger partial charge in [0.15, 0.2) is 0 Å². The number of thioether (sulfide) groups is 1. The molecule has 1 aromatic carbocycles. The number of carbonyl (C=O) groups excluding carboxylic acids is 1. The van der Waals surface area contributed by atoms with Crippen LogP contribution in [-0.4, -0.2) is 17.4 Å². The third kappa shape index (κ3) is 3.73. The molecular weight excluding hydrogens is 237 g/mol. The first-order chi connectivity index (χ1) is 8.25. The van der Waals surface area contributed by atoms with Crippen molar-refractivity contribution in [1.82, 2.24) is 0 Å². The Morgan fingerprint density at radius 3 is 2.76 bits per heavy atom. The predicted octanol–water partition coefficient (Wildman–Crippen LogP) is 3.30. The van der Waals surface area contributed by atoms with Crippen molar-refractivity contribution >= 4 is 23.4 Å². The maximum atomic E-state index is 13.3. The van der Waals surface area contributed by atoms with E-state index in [1.54, 1.807) is 18.2 Å². The minimum atomic E-state index is -0.375. The van der Waals surface area contributed by atoms with Crippen molar-refractivity contribution in [3.8, 4) is 0 Å². The fourth-order valence-electron chi connectivity index (χ4n) is 1.98. The number of nitrogens with one attached hydrogen (secondary N) is 1. The summed E-state index contributed by atoms with van der Waals surface area (Å²) in [6.45, 7) is 0. The van der Waals surface area contributed by atoms with Crippen molar-refractivity contribution < 1.29 is 9.18 Å². The molecule has 0 spiro atoms. The Labute approximate surface area is 105 Å². The molecule has 2 rings (SSSR count). The number of para-hydroxylation sites is 1. The molecule has 1 heterocycles. The predicted molar refractivity (Wildman–Crippen MR) is 69.7 cm³/mol. The minimum absolute atomic E-state index is 0.0769. The average molecular weight is 253 g/mol. The molecule has 17 heavy (non-hydrogen) atoms. The SMILES string of the molecule is O=C(CC1CCSCC1)Nc1ccccc1F. The molecule has 1 saturated heterocycles. The van der Waals surface area contributed by atoms with Crippen LogP contribution in [0.5, 0.6) is 0 Å². The molecule has 1 N–H and O–H groups in total. The van der Waals surface area contributed by atoms with Gasteiger partial charge in [-0.3, -0.25) is 4.79 Å². The molecule has 0 aliphatic carbocycles. The van der Waals surface area contributed by atoms with E-state index in [1.807, 2.05) is 11.8 Å². The second-order valence-corrected chi connectivity index (χ2v) is 5.51. The zero-order valence-electron chi connectivity index (χ0n) is 9.62. The van der Waals surface area contributed by atoms with Crippen LogP contribution in [0.4, 0.5) is 10.1 Å². The Morgan fingerprint density at radius 1 is 1.35 bits per heavy atom. The van der Waals surface area contributed by atoms with Crippen LogP contribution in [0.15, 0.2) is 24.3 Å². The molecule has 0 unspecified atom stereocenters. The van der Waals surface area contributed by atoms with Crippen LogP contribution in [0.1, 0.15) is 19.3 Å². The van der Waals surface area contributed by atoms with Crippen LogP contribution in [0, 0.1) is 11.7 Å². The normalized spacial score (nSPS) is 16.8. The monoisotopic (exact) mass is 253 g/mol. The van der Waals surface area contributed by atoms with Gasteiger partial charge in [-0.1, -0.05) is 12.1 Å². The Kier molecular flexibility index (Phi) is 4.42. The summed E-state index contributed by atoms with van der Waals surface area (Å²) in [5.41, 5.74) is 0.280. The van der Waals surface area contributed by atoms with Gasteiger partial charge in [0.25, 0.3) is 0 Å². The van der Waals surface area contributed by atoms with Crippen molar-refractivity contribution in [3.05, 3.63) is 30.1 Å². The summed E-state index contributed by atoms with van der Waals surface area (Å²) in [7, 11) is 0. The second-order valence-electron chi connectivity index (χ2n) is 4.29. The van der Waals surface area contributed by atoms with E-state index in [-0.39, 0.29) is 17.4 Å². The van der Waals surface area contributed by atoms with E-state index in [2.05, 4.69) is 5.32 Å². The topological polar surface area (TPSA) is 29.1 Å². The summed E-state index contributed by atoms with van der Waals surface area (Å²) in [6.07, 6.45) is 2.69. The lowest BCUT2D eigenvalue weighted by atomic mass is 9.98. The minimum Gasteiger partial charge on any atom is -0.324 e. The third-order valence-electron chi connectivity index (χ3n) is 2.96. The molecule has 4 heteroatoms. The van der Waals surface area contributed by atoms with Crippen LogP contribution < -0.4 is 5.32 Å². The van der Waals surface area contributed by atoms with Gasteiger partial charge in [0, 0.05) is 6.42 Å². The van der Waals surface area contributed by atoms with Crippen LogP contribution in [0.25, 0.3) is 0 Å². The number of anilines is 1. The van der Waals surface area contributed by atoms with Gasteiger partial charge in [0.05, 0.1) is 5.69 Å². The van der Waals surface area contributed by atoms with E-state index in [9.17, 15) is 9.18 Å². The van der Waals surface area contributed by atoms with E-state index in [0.29, 0.717) is 12.3 Å². The maximum absolute atomic E-state index is 13.3. The summed E-state index contributed by atoms with van der Waals surface area (Å²) in [5, 5.41) is 2.64. The van der Waals surface area contributed by atoms with Gasteiger partial charge in [0.1, 0.15) is 5.82 Å². The highest BCUT2D eigenvalue weighted by molar-refractivity contribution is 7.99. The third-order valence-corrected chi connectivity index (χ3v) is 4.01. The van der Waals surface area contributed by atoms with Gasteiger partial charge in [-0.25, -0.2) is 4.39 Å². The molecule has 1 aromatic rings. The van der Waals surface area contributed by atoms with E-state index in [0.717, 1.165) is 24.3 Å². The molecule has 1 aliphatic heterocycles. The van der Waals surface area contributed by atoms with E-state index in [4.69, 9.17) is 0 Å². The number of hydrogen-bond acceptors (Lipinski definition) is 2. The van der Waals surface area contributed by atoms with E-state index < -0.39 is 0 Å². The molecule has 0 bridgehead atoms. The molecular formula is C13H16FNOS. The van der Waals surface area contributed by atoms with Gasteiger partial charge in [0.2, 0.25) is 5.91 Å². The number of rotatable bonds is 3. The summed E-state index contributed by atoms with van der Waals surface area (Å²) in [4.78, 5) is 11.7. The number of amides is 1. The Balaban J connectivity index is 1.86. The molecule has 2 nitrogen and oxygen atoms in total. The van der Waals surface area contributed by atoms with Crippen LogP contribution in [0.2, 0.25) is 0 Å². The Hall–Kier alpha value is -1.03. The highest BCUT2D eigenvalue weighted by Gasteiger charge is 2.17. The summed E-state index contributed by atoms with van der Waals surface area (Å²) >= 11 is 1.94. The molecule has 1 aliphatic rings. The quantitative estimate of drug-likeness (QED) is 0.895. The average Bonchev–Trinajstić information content (AvgIpc) is 2.33. The second kappa shape index (κ2) is 6.05. The van der Waals surface area contributed by atoms with Crippen molar-refractivity contribution in [2.24, 2.45) is 5.92 Å². The van der Waals surface area contributed by atoms with Crippen molar-refractivity contribution in [1.29, 1.82) is 0 Å². The van der Waals surface area contributed by atoms with Crippen molar-refractivity contribution in [2.75, 3.05) is 16.8 Å². The fourth-order valence-corrected chi connectivity index (χ4v) is 3.18. The number of carbonyl (C=O) groups is 1. The van der Waals surface area contributed by atoms with Crippen molar-refractivity contribution in [3.63, 3.8) is 0 Å². The molecule has 0 radical (unpaired) electrons. The summed E-state index contributed by atoms with van der Waals surface area (Å²) in [6, 6.07) is 6.27. The Bertz CT molecular complexity index is 391. The summed E-state index contributed by atoms with van der Waals surface area (Å²) in [5.74, 6) is 2.28. The fraction of sp³-hybridized carbons (Fsp3) is 0.462. The standard InChI is InChI=1S/C13H16FNOS/c14-11-3-1-2-4-12(11)15-13(16)9-10-5-7-17-8-6-10/h1-4,10H,5-9H2,(H,15,16). The van der Waals surface area contributed by atoms with E-state index >= 15 is 0 Å². The molecule has 1 amide bonds. The van der Waals surface area contributed by atoms with Crippen LogP contribution in [0.3, 0.4) is 0 Å². The van der Waals surface area contributed by atoms with E-state index in [1.165, 1.54) is 6.07 Å². The van der Waals surface area contributed by atoms with Gasteiger partial charge in [-0.15, -0.1) is 0 Å². The molecule has 1 fully saturated rings.